The van der Waals surface area contributed by atoms with Gasteiger partial charge >= 0.3 is 5.97 Å². The minimum absolute atomic E-state index is 0.163. The fraction of sp³-hybridized carbons (Fsp3) is 0.429. The lowest BCUT2D eigenvalue weighted by Gasteiger charge is -2.21. The van der Waals surface area contributed by atoms with Crippen LogP contribution < -0.4 is 4.74 Å². The van der Waals surface area contributed by atoms with E-state index in [4.69, 9.17) is 21.4 Å². The fourth-order valence-corrected chi connectivity index (χ4v) is 2.46. The van der Waals surface area contributed by atoms with Crippen molar-refractivity contribution in [3.05, 3.63) is 29.3 Å². The van der Waals surface area contributed by atoms with E-state index in [0.29, 0.717) is 23.7 Å². The molecule has 6 heteroatoms. The van der Waals surface area contributed by atoms with Crippen LogP contribution in [-0.2, 0) is 9.59 Å². The van der Waals surface area contributed by atoms with Crippen LogP contribution in [0.5, 0.6) is 5.75 Å². The molecule has 1 aromatic carbocycles. The zero-order valence-corrected chi connectivity index (χ0v) is 11.7. The van der Waals surface area contributed by atoms with Crippen molar-refractivity contribution in [1.82, 2.24) is 4.90 Å². The molecule has 0 unspecified atom stereocenters. The highest BCUT2D eigenvalue weighted by Gasteiger charge is 2.33. The van der Waals surface area contributed by atoms with Crippen LogP contribution in [0.15, 0.2) is 24.3 Å². The van der Waals surface area contributed by atoms with E-state index >= 15 is 0 Å². The fourth-order valence-electron chi connectivity index (χ4n) is 2.28. The normalized spacial score (nSPS) is 18.1. The van der Waals surface area contributed by atoms with Gasteiger partial charge in [0.1, 0.15) is 11.8 Å². The molecule has 1 heterocycles. The van der Waals surface area contributed by atoms with Crippen LogP contribution in [0.25, 0.3) is 0 Å². The highest BCUT2D eigenvalue weighted by molar-refractivity contribution is 6.30. The van der Waals surface area contributed by atoms with Crippen molar-refractivity contribution in [1.29, 1.82) is 0 Å². The van der Waals surface area contributed by atoms with E-state index in [0.717, 1.165) is 6.42 Å². The molecule has 108 valence electrons. The lowest BCUT2D eigenvalue weighted by atomic mass is 10.2. The number of carbonyl (C=O) groups excluding carboxylic acids is 1. The first-order valence-electron chi connectivity index (χ1n) is 6.48. The van der Waals surface area contributed by atoms with Gasteiger partial charge in [-0.25, -0.2) is 4.79 Å². The number of benzene rings is 1. The Kier molecular flexibility index (Phi) is 4.84. The van der Waals surface area contributed by atoms with Crippen molar-refractivity contribution in [3.63, 3.8) is 0 Å². The number of nitrogens with zero attached hydrogens (tertiary/aromatic N) is 1. The smallest absolute Gasteiger partial charge is 0.326 e. The van der Waals surface area contributed by atoms with Gasteiger partial charge in [-0.15, -0.1) is 0 Å². The number of carboxylic acid groups (broad SMARTS) is 1. The van der Waals surface area contributed by atoms with Gasteiger partial charge in [0.05, 0.1) is 13.0 Å². The Morgan fingerprint density at radius 2 is 2.25 bits per heavy atom. The van der Waals surface area contributed by atoms with E-state index in [1.807, 2.05) is 0 Å². The lowest BCUT2D eigenvalue weighted by molar-refractivity contribution is -0.148. The minimum Gasteiger partial charge on any atom is -0.493 e. The molecule has 5 nitrogen and oxygen atoms in total. The Balaban J connectivity index is 1.82. The third-order valence-corrected chi connectivity index (χ3v) is 3.47. The second-order valence-electron chi connectivity index (χ2n) is 4.64. The van der Waals surface area contributed by atoms with Crippen LogP contribution in [0.1, 0.15) is 19.3 Å². The number of ether oxygens (including phenoxy) is 1. The number of hydrogen-bond acceptors (Lipinski definition) is 3. The van der Waals surface area contributed by atoms with Crippen molar-refractivity contribution in [2.45, 2.75) is 25.3 Å². The van der Waals surface area contributed by atoms with E-state index in [1.54, 1.807) is 24.3 Å². The number of amides is 1. The summed E-state index contributed by atoms with van der Waals surface area (Å²) in [6.07, 6.45) is 1.42. The summed E-state index contributed by atoms with van der Waals surface area (Å²) in [5.41, 5.74) is 0. The first kappa shape index (κ1) is 14.7. The maximum absolute atomic E-state index is 12.0. The van der Waals surface area contributed by atoms with Gasteiger partial charge in [0.15, 0.2) is 0 Å². The first-order valence-corrected chi connectivity index (χ1v) is 6.86. The zero-order valence-electron chi connectivity index (χ0n) is 10.9. The van der Waals surface area contributed by atoms with Gasteiger partial charge in [0.25, 0.3) is 0 Å². The van der Waals surface area contributed by atoms with Gasteiger partial charge in [0, 0.05) is 11.6 Å². The molecule has 1 atom stereocenters. The summed E-state index contributed by atoms with van der Waals surface area (Å²) in [6.45, 7) is 0.717. The topological polar surface area (TPSA) is 66.8 Å². The molecule has 1 N–H and O–H groups in total. The Labute approximate surface area is 122 Å². The van der Waals surface area contributed by atoms with E-state index in [1.165, 1.54) is 4.90 Å². The largest absolute Gasteiger partial charge is 0.493 e. The molecule has 1 aliphatic heterocycles. The number of carbonyl (C=O) groups is 2. The minimum atomic E-state index is -0.938. The zero-order chi connectivity index (χ0) is 14.5. The second kappa shape index (κ2) is 6.61. The quantitative estimate of drug-likeness (QED) is 0.904. The van der Waals surface area contributed by atoms with Crippen LogP contribution in [0.3, 0.4) is 0 Å². The highest BCUT2D eigenvalue weighted by Crippen LogP contribution is 2.20. The summed E-state index contributed by atoms with van der Waals surface area (Å²) in [5.74, 6) is -0.523. The molecule has 2 rings (SSSR count). The van der Waals surface area contributed by atoms with Crippen molar-refractivity contribution < 1.29 is 19.4 Å². The summed E-state index contributed by atoms with van der Waals surface area (Å²) in [4.78, 5) is 24.4. The maximum atomic E-state index is 12.0. The molecule has 0 saturated carbocycles. The SMILES string of the molecule is O=C(O)[C@@H]1CCCN1C(=O)CCOc1cccc(Cl)c1. The van der Waals surface area contributed by atoms with E-state index < -0.39 is 12.0 Å². The number of aliphatic carboxylic acids is 1. The molecular formula is C14H16ClNO4. The summed E-state index contributed by atoms with van der Waals surface area (Å²) in [5, 5.41) is 9.60. The second-order valence-corrected chi connectivity index (χ2v) is 5.08. The summed E-state index contributed by atoms with van der Waals surface area (Å²) >= 11 is 5.82. The molecule has 1 amide bonds. The molecule has 0 bridgehead atoms. The van der Waals surface area contributed by atoms with Crippen LogP contribution in [-0.4, -0.2) is 41.1 Å². The Morgan fingerprint density at radius 3 is 2.95 bits per heavy atom. The van der Waals surface area contributed by atoms with E-state index in [9.17, 15) is 9.59 Å². The van der Waals surface area contributed by atoms with Crippen LogP contribution in [0.4, 0.5) is 0 Å². The first-order chi connectivity index (χ1) is 9.58. The molecule has 20 heavy (non-hydrogen) atoms. The standard InChI is InChI=1S/C14H16ClNO4/c15-10-3-1-4-11(9-10)20-8-6-13(17)16-7-2-5-12(16)14(18)19/h1,3-4,9,12H,2,5-8H2,(H,18,19)/t12-/m0/s1. The number of hydrogen-bond donors (Lipinski definition) is 1. The Hall–Kier alpha value is -1.75. The van der Waals surface area contributed by atoms with Crippen LogP contribution in [0, 0.1) is 0 Å². The number of carboxylic acids is 1. The predicted molar refractivity (Wildman–Crippen MR) is 73.9 cm³/mol. The van der Waals surface area contributed by atoms with Crippen LogP contribution >= 0.6 is 11.6 Å². The molecule has 1 saturated heterocycles. The van der Waals surface area contributed by atoms with Crippen molar-refractivity contribution in [2.24, 2.45) is 0 Å². The lowest BCUT2D eigenvalue weighted by Crippen LogP contribution is -2.40. The molecule has 0 aromatic heterocycles. The molecule has 0 radical (unpaired) electrons. The van der Waals surface area contributed by atoms with Crippen LogP contribution in [0.2, 0.25) is 5.02 Å². The summed E-state index contributed by atoms with van der Waals surface area (Å²) in [6, 6.07) is 6.24. The van der Waals surface area contributed by atoms with Crippen molar-refractivity contribution in [2.75, 3.05) is 13.2 Å². The van der Waals surface area contributed by atoms with Crippen molar-refractivity contribution in [3.8, 4) is 5.75 Å². The number of halogens is 1. The molecule has 0 aliphatic carbocycles. The monoisotopic (exact) mass is 297 g/mol. The van der Waals surface area contributed by atoms with Crippen molar-refractivity contribution >= 4 is 23.5 Å². The third-order valence-electron chi connectivity index (χ3n) is 3.24. The average molecular weight is 298 g/mol. The maximum Gasteiger partial charge on any atom is 0.326 e. The van der Waals surface area contributed by atoms with Gasteiger partial charge in [-0.3, -0.25) is 4.79 Å². The Bertz CT molecular complexity index is 506. The van der Waals surface area contributed by atoms with Gasteiger partial charge in [0.2, 0.25) is 5.91 Å². The van der Waals surface area contributed by atoms with Gasteiger partial charge < -0.3 is 14.7 Å². The molecular weight excluding hydrogens is 282 g/mol. The van der Waals surface area contributed by atoms with Gasteiger partial charge in [-0.1, -0.05) is 17.7 Å². The summed E-state index contributed by atoms with van der Waals surface area (Å²) < 4.78 is 5.43. The summed E-state index contributed by atoms with van der Waals surface area (Å²) in [7, 11) is 0. The molecule has 1 fully saturated rings. The van der Waals surface area contributed by atoms with E-state index in [-0.39, 0.29) is 18.9 Å². The molecule has 1 aliphatic rings. The molecule has 1 aromatic rings. The predicted octanol–water partition coefficient (Wildman–Crippen LogP) is 2.18. The highest BCUT2D eigenvalue weighted by atomic mass is 35.5. The van der Waals surface area contributed by atoms with Gasteiger partial charge in [-0.2, -0.15) is 0 Å². The number of likely N-dealkylation sites (tertiary alicyclic amines) is 1. The number of rotatable bonds is 5. The molecule has 0 spiro atoms. The Morgan fingerprint density at radius 1 is 1.45 bits per heavy atom. The third kappa shape index (κ3) is 3.63. The average Bonchev–Trinajstić information content (AvgIpc) is 2.88. The van der Waals surface area contributed by atoms with Gasteiger partial charge in [-0.05, 0) is 31.0 Å². The van der Waals surface area contributed by atoms with E-state index in [2.05, 4.69) is 0 Å².